The van der Waals surface area contributed by atoms with Crippen molar-refractivity contribution in [2.75, 3.05) is 0 Å². The molecule has 62 valence electrons. The van der Waals surface area contributed by atoms with Crippen LogP contribution in [0.15, 0.2) is 6.20 Å². The van der Waals surface area contributed by atoms with Crippen molar-refractivity contribution in [3.05, 3.63) is 17.7 Å². The summed E-state index contributed by atoms with van der Waals surface area (Å²) in [5.41, 5.74) is 0.756. The minimum atomic E-state index is -2.20. The van der Waals surface area contributed by atoms with E-state index < -0.39 is 11.3 Å². The molecular weight excluding hydrogens is 166 g/mol. The predicted octanol–water partition coefficient (Wildman–Crippen LogP) is -0.398. The summed E-state index contributed by atoms with van der Waals surface area (Å²) in [5.74, 6) is 0.776. The van der Waals surface area contributed by atoms with E-state index >= 15 is 0 Å². The Morgan fingerprint density at radius 3 is 3.09 bits per heavy atom. The van der Waals surface area contributed by atoms with Crippen LogP contribution in [0.5, 0.6) is 0 Å². The van der Waals surface area contributed by atoms with Crippen LogP contribution in [0, 0.1) is 6.92 Å². The Morgan fingerprint density at radius 2 is 2.64 bits per heavy atom. The third kappa shape index (κ3) is 2.79. The maximum absolute atomic E-state index is 10.0. The zero-order valence-electron chi connectivity index (χ0n) is 5.96. The molecule has 2 N–H and O–H groups in total. The molecule has 6 heteroatoms. The minimum absolute atomic E-state index is 0.261. The second-order valence-electron chi connectivity index (χ2n) is 2.05. The van der Waals surface area contributed by atoms with Gasteiger partial charge in [0, 0.05) is 29.7 Å². The van der Waals surface area contributed by atoms with Gasteiger partial charge in [0.15, 0.2) is 0 Å². The van der Waals surface area contributed by atoms with Crippen LogP contribution in [0.4, 0.5) is 0 Å². The fourth-order valence-corrected chi connectivity index (χ4v) is 0.972. The smallest absolute Gasteiger partial charge is 0.103 e. The number of aromatic amines is 1. The number of hydrogen-bond acceptors (Lipinski definition) is 3. The van der Waals surface area contributed by atoms with Gasteiger partial charge < -0.3 is 9.54 Å². The Bertz CT molecular complexity index is 260. The first-order valence-corrected chi connectivity index (χ1v) is 4.09. The average Bonchev–Trinajstić information content (AvgIpc) is 2.31. The molecule has 0 radical (unpaired) electrons. The third-order valence-corrected chi connectivity index (χ3v) is 1.52. The molecule has 1 heterocycles. The minimum Gasteiger partial charge on any atom is -0.760 e. The molecule has 5 nitrogen and oxygen atoms in total. The molecule has 0 aromatic carbocycles. The molecule has 1 atom stereocenters. The van der Waals surface area contributed by atoms with Gasteiger partial charge in [-0.25, -0.2) is 9.71 Å². The van der Waals surface area contributed by atoms with E-state index in [-0.39, 0.29) is 6.54 Å². The summed E-state index contributed by atoms with van der Waals surface area (Å²) in [7, 11) is 0. The van der Waals surface area contributed by atoms with Gasteiger partial charge in [-0.05, 0) is 6.92 Å². The molecule has 0 spiro atoms. The monoisotopic (exact) mass is 174 g/mol. The standard InChI is InChI=1S/C5H9N3O2S/c1-4-6-2-5(8-4)3-7-11(9)10/h2,7H,3H2,1H3,(H,6,8)(H,9,10)/p-1. The number of rotatable bonds is 3. The fourth-order valence-electron chi connectivity index (χ4n) is 0.698. The molecule has 0 saturated carbocycles. The first kappa shape index (κ1) is 8.38. The molecule has 0 aliphatic carbocycles. The summed E-state index contributed by atoms with van der Waals surface area (Å²) in [4.78, 5) is 6.78. The van der Waals surface area contributed by atoms with E-state index in [9.17, 15) is 8.76 Å². The van der Waals surface area contributed by atoms with E-state index in [2.05, 4.69) is 14.7 Å². The van der Waals surface area contributed by atoms with Crippen molar-refractivity contribution in [2.45, 2.75) is 13.5 Å². The predicted molar refractivity (Wildman–Crippen MR) is 39.1 cm³/mol. The van der Waals surface area contributed by atoms with E-state index in [0.29, 0.717) is 0 Å². The summed E-state index contributed by atoms with van der Waals surface area (Å²) < 4.78 is 22.3. The zero-order chi connectivity index (χ0) is 8.27. The summed E-state index contributed by atoms with van der Waals surface area (Å²) in [6.45, 7) is 2.06. The van der Waals surface area contributed by atoms with Crippen LogP contribution in [-0.4, -0.2) is 18.7 Å². The largest absolute Gasteiger partial charge is 0.760 e. The number of imidazole rings is 1. The van der Waals surface area contributed by atoms with Gasteiger partial charge in [-0.1, -0.05) is 0 Å². The van der Waals surface area contributed by atoms with Crippen molar-refractivity contribution in [2.24, 2.45) is 0 Å². The van der Waals surface area contributed by atoms with Gasteiger partial charge in [-0.15, -0.1) is 0 Å². The van der Waals surface area contributed by atoms with E-state index in [1.54, 1.807) is 13.1 Å². The van der Waals surface area contributed by atoms with E-state index in [1.165, 1.54) is 0 Å². The number of aryl methyl sites for hydroxylation is 1. The molecular formula is C5H8N3O2S-. The van der Waals surface area contributed by atoms with Crippen molar-refractivity contribution in [1.29, 1.82) is 0 Å². The summed E-state index contributed by atoms with van der Waals surface area (Å²) in [5, 5.41) is 0. The SMILES string of the molecule is Cc1ncc(CNS(=O)[O-])[nH]1. The van der Waals surface area contributed by atoms with Crippen LogP contribution >= 0.6 is 0 Å². The molecule has 0 bridgehead atoms. The lowest BCUT2D eigenvalue weighted by Gasteiger charge is -2.03. The molecule has 1 aromatic rings. The molecule has 0 fully saturated rings. The summed E-state index contributed by atoms with van der Waals surface area (Å²) in [6, 6.07) is 0. The van der Waals surface area contributed by atoms with Gasteiger partial charge in [0.05, 0.1) is 0 Å². The van der Waals surface area contributed by atoms with Gasteiger partial charge in [-0.2, -0.15) is 0 Å². The Hall–Kier alpha value is -0.720. The second-order valence-corrected chi connectivity index (χ2v) is 2.81. The quantitative estimate of drug-likeness (QED) is 0.612. The van der Waals surface area contributed by atoms with Gasteiger partial charge in [0.1, 0.15) is 5.82 Å². The van der Waals surface area contributed by atoms with Crippen LogP contribution in [-0.2, 0) is 17.8 Å². The van der Waals surface area contributed by atoms with Crippen LogP contribution < -0.4 is 4.72 Å². The average molecular weight is 174 g/mol. The molecule has 0 saturated heterocycles. The summed E-state index contributed by atoms with van der Waals surface area (Å²) >= 11 is -2.20. The van der Waals surface area contributed by atoms with E-state index in [0.717, 1.165) is 11.5 Å². The van der Waals surface area contributed by atoms with Gasteiger partial charge in [-0.3, -0.25) is 4.21 Å². The van der Waals surface area contributed by atoms with Gasteiger partial charge >= 0.3 is 0 Å². The lowest BCUT2D eigenvalue weighted by atomic mass is 10.5. The normalized spacial score (nSPS) is 13.3. The second kappa shape index (κ2) is 3.61. The highest BCUT2D eigenvalue weighted by Crippen LogP contribution is 1.93. The topological polar surface area (TPSA) is 80.8 Å². The van der Waals surface area contributed by atoms with Crippen molar-refractivity contribution in [3.63, 3.8) is 0 Å². The Morgan fingerprint density at radius 1 is 1.91 bits per heavy atom. The molecule has 11 heavy (non-hydrogen) atoms. The number of nitrogens with zero attached hydrogens (tertiary/aromatic N) is 1. The van der Waals surface area contributed by atoms with Crippen molar-refractivity contribution in [3.8, 4) is 0 Å². The maximum Gasteiger partial charge on any atom is 0.103 e. The van der Waals surface area contributed by atoms with Crippen molar-refractivity contribution >= 4 is 11.3 Å². The Kier molecular flexibility index (Phi) is 2.75. The van der Waals surface area contributed by atoms with Crippen molar-refractivity contribution < 1.29 is 8.76 Å². The van der Waals surface area contributed by atoms with Crippen LogP contribution in [0.3, 0.4) is 0 Å². The Balaban J connectivity index is 2.45. The lowest BCUT2D eigenvalue weighted by molar-refractivity contribution is 0.522. The highest BCUT2D eigenvalue weighted by atomic mass is 32.2. The molecule has 0 amide bonds. The Labute approximate surface area is 66.7 Å². The van der Waals surface area contributed by atoms with Crippen molar-refractivity contribution in [1.82, 2.24) is 14.7 Å². The third-order valence-electron chi connectivity index (χ3n) is 1.14. The van der Waals surface area contributed by atoms with E-state index in [1.807, 2.05) is 0 Å². The number of nitrogens with one attached hydrogen (secondary N) is 2. The fraction of sp³-hybridized carbons (Fsp3) is 0.400. The number of H-pyrrole nitrogens is 1. The van der Waals surface area contributed by atoms with Crippen LogP contribution in [0.1, 0.15) is 11.5 Å². The van der Waals surface area contributed by atoms with Crippen LogP contribution in [0.2, 0.25) is 0 Å². The highest BCUT2D eigenvalue weighted by molar-refractivity contribution is 7.77. The van der Waals surface area contributed by atoms with Gasteiger partial charge in [0.2, 0.25) is 0 Å². The van der Waals surface area contributed by atoms with Gasteiger partial charge in [0.25, 0.3) is 0 Å². The summed E-state index contributed by atoms with van der Waals surface area (Å²) in [6.07, 6.45) is 1.59. The maximum atomic E-state index is 10.0. The molecule has 1 aromatic heterocycles. The van der Waals surface area contributed by atoms with Crippen LogP contribution in [0.25, 0.3) is 0 Å². The molecule has 0 aliphatic rings. The zero-order valence-corrected chi connectivity index (χ0v) is 6.77. The van der Waals surface area contributed by atoms with E-state index in [4.69, 9.17) is 0 Å². The highest BCUT2D eigenvalue weighted by Gasteiger charge is 1.94. The molecule has 1 rings (SSSR count). The first-order valence-electron chi connectivity index (χ1n) is 3.02. The number of hydrogen-bond donors (Lipinski definition) is 2. The molecule has 0 aliphatic heterocycles. The molecule has 1 unspecified atom stereocenters. The lowest BCUT2D eigenvalue weighted by Crippen LogP contribution is -2.15. The first-order chi connectivity index (χ1) is 5.18. The number of aromatic nitrogens is 2.